The highest BCUT2D eigenvalue weighted by atomic mass is 16.3. The van der Waals surface area contributed by atoms with E-state index in [9.17, 15) is 9.90 Å². The second-order valence-electron chi connectivity index (χ2n) is 8.33. The van der Waals surface area contributed by atoms with Crippen molar-refractivity contribution in [1.82, 2.24) is 9.80 Å². The van der Waals surface area contributed by atoms with Crippen molar-refractivity contribution in [3.63, 3.8) is 0 Å². The predicted octanol–water partition coefficient (Wildman–Crippen LogP) is 4.96. The Kier molecular flexibility index (Phi) is 5.41. The van der Waals surface area contributed by atoms with Crippen LogP contribution in [0.1, 0.15) is 67.7 Å². The number of aliphatic hydroxyl groups excluding tert-OH is 1. The average molecular weight is 347 g/mol. The molecule has 0 spiro atoms. The van der Waals surface area contributed by atoms with Crippen molar-refractivity contribution in [1.29, 1.82) is 0 Å². The van der Waals surface area contributed by atoms with E-state index in [-0.39, 0.29) is 34.7 Å². The number of carbonyl (C=O) groups excluding carboxylic acids is 1. The van der Waals surface area contributed by atoms with Crippen LogP contribution in [0.5, 0.6) is 0 Å². The molecule has 0 aliphatic carbocycles. The van der Waals surface area contributed by atoms with Crippen molar-refractivity contribution in [2.24, 2.45) is 11.3 Å². The molecule has 2 aliphatic rings. The van der Waals surface area contributed by atoms with Crippen molar-refractivity contribution in [3.05, 3.63) is 36.0 Å². The smallest absolute Gasteiger partial charge is 0.233 e. The Bertz CT molecular complexity index is 598. The highest BCUT2D eigenvalue weighted by Crippen LogP contribution is 2.40. The van der Waals surface area contributed by atoms with Gasteiger partial charge >= 0.3 is 0 Å². The molecular weight excluding hydrogens is 312 g/mol. The SMILES string of the molecule is CCC(CC)(CC)C(=O)N1C=CC2=C(O)N(C(C)(C)C)C=C[C@H](C)[C@H]21. The number of nitrogens with zero attached hydrogens (tertiary/aromatic N) is 2. The van der Waals surface area contributed by atoms with Gasteiger partial charge in [0.15, 0.2) is 5.88 Å². The van der Waals surface area contributed by atoms with Gasteiger partial charge < -0.3 is 14.9 Å². The van der Waals surface area contributed by atoms with E-state index in [1.165, 1.54) is 0 Å². The molecule has 0 aromatic rings. The molecule has 0 radical (unpaired) electrons. The standard InChI is InChI=1S/C21H34N2O2/c1-8-21(9-2,10-3)19(25)22-13-12-16-17(22)15(4)11-14-23(18(16)24)20(5,6)7/h11-15,17,24H,8-10H2,1-7H3/t15-,17+/m0/s1. The van der Waals surface area contributed by atoms with Crippen LogP contribution in [0.2, 0.25) is 0 Å². The van der Waals surface area contributed by atoms with Crippen molar-refractivity contribution in [3.8, 4) is 0 Å². The second-order valence-corrected chi connectivity index (χ2v) is 8.33. The Morgan fingerprint density at radius 3 is 2.16 bits per heavy atom. The van der Waals surface area contributed by atoms with Gasteiger partial charge in [-0.3, -0.25) is 4.79 Å². The fourth-order valence-corrected chi connectivity index (χ4v) is 3.99. The van der Waals surface area contributed by atoms with E-state index in [0.29, 0.717) is 0 Å². The lowest BCUT2D eigenvalue weighted by atomic mass is 9.78. The molecule has 0 fully saturated rings. The molecule has 4 heteroatoms. The summed E-state index contributed by atoms with van der Waals surface area (Å²) in [6.07, 6.45) is 10.3. The summed E-state index contributed by atoms with van der Waals surface area (Å²) in [7, 11) is 0. The molecule has 0 bridgehead atoms. The van der Waals surface area contributed by atoms with Gasteiger partial charge in [0.2, 0.25) is 5.91 Å². The summed E-state index contributed by atoms with van der Waals surface area (Å²) in [5.41, 5.74) is 0.278. The number of aliphatic hydroxyl groups is 1. The molecule has 1 amide bonds. The number of hydrogen-bond donors (Lipinski definition) is 1. The molecule has 0 aromatic heterocycles. The number of amides is 1. The van der Waals surface area contributed by atoms with E-state index >= 15 is 0 Å². The topological polar surface area (TPSA) is 43.8 Å². The van der Waals surface area contributed by atoms with Crippen LogP contribution < -0.4 is 0 Å². The fraction of sp³-hybridized carbons (Fsp3) is 0.667. The lowest BCUT2D eigenvalue weighted by Gasteiger charge is -2.37. The zero-order chi connectivity index (χ0) is 19.0. The van der Waals surface area contributed by atoms with Crippen LogP contribution in [-0.4, -0.2) is 32.4 Å². The van der Waals surface area contributed by atoms with Gasteiger partial charge in [0, 0.05) is 34.8 Å². The van der Waals surface area contributed by atoms with E-state index < -0.39 is 0 Å². The van der Waals surface area contributed by atoms with Gasteiger partial charge in [0.25, 0.3) is 0 Å². The third-order valence-corrected chi connectivity index (χ3v) is 6.00. The van der Waals surface area contributed by atoms with Gasteiger partial charge in [0.1, 0.15) is 0 Å². The van der Waals surface area contributed by atoms with Crippen LogP contribution in [0.25, 0.3) is 0 Å². The summed E-state index contributed by atoms with van der Waals surface area (Å²) in [5, 5.41) is 10.9. The van der Waals surface area contributed by atoms with E-state index in [4.69, 9.17) is 0 Å². The predicted molar refractivity (Wildman–Crippen MR) is 103 cm³/mol. The molecule has 1 N–H and O–H groups in total. The zero-order valence-electron chi connectivity index (χ0n) is 16.8. The third kappa shape index (κ3) is 3.23. The third-order valence-electron chi connectivity index (χ3n) is 6.00. The minimum absolute atomic E-state index is 0.131. The van der Waals surface area contributed by atoms with Crippen LogP contribution in [0.15, 0.2) is 36.0 Å². The molecule has 2 atom stereocenters. The van der Waals surface area contributed by atoms with Gasteiger partial charge in [-0.1, -0.05) is 33.8 Å². The van der Waals surface area contributed by atoms with Crippen molar-refractivity contribution in [2.45, 2.75) is 79.3 Å². The van der Waals surface area contributed by atoms with Gasteiger partial charge in [0.05, 0.1) is 6.04 Å². The first kappa shape index (κ1) is 19.6. The largest absolute Gasteiger partial charge is 0.494 e. The normalized spacial score (nSPS) is 24.0. The van der Waals surface area contributed by atoms with E-state index in [1.807, 2.05) is 28.3 Å². The second kappa shape index (κ2) is 6.89. The maximum absolute atomic E-state index is 13.4. The van der Waals surface area contributed by atoms with Crippen LogP contribution in [-0.2, 0) is 4.79 Å². The Balaban J connectivity index is 2.46. The molecule has 2 heterocycles. The van der Waals surface area contributed by atoms with Gasteiger partial charge in [-0.25, -0.2) is 0 Å². The Morgan fingerprint density at radius 1 is 1.12 bits per heavy atom. The minimum atomic E-state index is -0.325. The quantitative estimate of drug-likeness (QED) is 0.782. The van der Waals surface area contributed by atoms with Crippen LogP contribution >= 0.6 is 0 Å². The Labute approximate surface area is 152 Å². The highest BCUT2D eigenvalue weighted by Gasteiger charge is 2.44. The summed E-state index contributed by atoms with van der Waals surface area (Å²) in [6, 6.07) is -0.139. The average Bonchev–Trinajstić information content (AvgIpc) is 2.95. The first-order valence-electron chi connectivity index (χ1n) is 9.54. The number of carbonyl (C=O) groups is 1. The highest BCUT2D eigenvalue weighted by molar-refractivity contribution is 5.85. The van der Waals surface area contributed by atoms with Gasteiger partial charge in [-0.15, -0.1) is 0 Å². The lowest BCUT2D eigenvalue weighted by molar-refractivity contribution is -0.141. The molecular formula is C21H34N2O2. The summed E-state index contributed by atoms with van der Waals surface area (Å²) >= 11 is 0. The summed E-state index contributed by atoms with van der Waals surface area (Å²) in [4.78, 5) is 17.1. The molecule has 0 unspecified atom stereocenters. The van der Waals surface area contributed by atoms with Crippen molar-refractivity contribution >= 4 is 5.91 Å². The van der Waals surface area contributed by atoms with Crippen LogP contribution in [0.4, 0.5) is 0 Å². The summed E-state index contributed by atoms with van der Waals surface area (Å²) < 4.78 is 0. The lowest BCUT2D eigenvalue weighted by Crippen LogP contribution is -2.46. The van der Waals surface area contributed by atoms with E-state index in [0.717, 1.165) is 24.8 Å². The molecule has 2 aliphatic heterocycles. The number of fused-ring (bicyclic) bond motifs is 1. The number of rotatable bonds is 4. The molecule has 0 saturated carbocycles. The Morgan fingerprint density at radius 2 is 1.68 bits per heavy atom. The van der Waals surface area contributed by atoms with E-state index in [1.54, 1.807) is 0 Å². The van der Waals surface area contributed by atoms with E-state index in [2.05, 4.69) is 54.5 Å². The van der Waals surface area contributed by atoms with Crippen molar-refractivity contribution in [2.75, 3.05) is 0 Å². The minimum Gasteiger partial charge on any atom is -0.494 e. The van der Waals surface area contributed by atoms with Crippen molar-refractivity contribution < 1.29 is 9.90 Å². The van der Waals surface area contributed by atoms with Crippen LogP contribution in [0, 0.1) is 11.3 Å². The zero-order valence-corrected chi connectivity index (χ0v) is 16.8. The van der Waals surface area contributed by atoms with Gasteiger partial charge in [-0.05, 0) is 46.1 Å². The van der Waals surface area contributed by atoms with Gasteiger partial charge in [-0.2, -0.15) is 0 Å². The first-order chi connectivity index (χ1) is 11.6. The molecule has 0 aromatic carbocycles. The molecule has 0 saturated heterocycles. The first-order valence-corrected chi connectivity index (χ1v) is 9.54. The molecule has 140 valence electrons. The number of hydrogen-bond acceptors (Lipinski definition) is 3. The maximum atomic E-state index is 13.4. The Hall–Kier alpha value is -1.71. The fourth-order valence-electron chi connectivity index (χ4n) is 3.99. The van der Waals surface area contributed by atoms with Crippen LogP contribution in [0.3, 0.4) is 0 Å². The molecule has 25 heavy (non-hydrogen) atoms. The molecule has 4 nitrogen and oxygen atoms in total. The summed E-state index contributed by atoms with van der Waals surface area (Å²) in [5.74, 6) is 0.556. The summed E-state index contributed by atoms with van der Waals surface area (Å²) in [6.45, 7) is 14.6. The molecule has 2 rings (SSSR count). The maximum Gasteiger partial charge on any atom is 0.233 e. The monoisotopic (exact) mass is 346 g/mol.